The van der Waals surface area contributed by atoms with Crippen LogP contribution in [-0.4, -0.2) is 33.3 Å². The van der Waals surface area contributed by atoms with Crippen LogP contribution in [0.2, 0.25) is 0 Å². The third-order valence-electron chi connectivity index (χ3n) is 3.81. The van der Waals surface area contributed by atoms with Crippen molar-refractivity contribution in [3.8, 4) is 11.5 Å². The van der Waals surface area contributed by atoms with Gasteiger partial charge in [-0.05, 0) is 25.0 Å². The molecule has 3 heterocycles. The maximum atomic E-state index is 11.4. The zero-order valence-corrected chi connectivity index (χ0v) is 11.3. The van der Waals surface area contributed by atoms with Crippen LogP contribution in [0.3, 0.4) is 0 Å². The van der Waals surface area contributed by atoms with Crippen molar-refractivity contribution >= 4 is 11.0 Å². The van der Waals surface area contributed by atoms with E-state index in [1.54, 1.807) is 0 Å². The van der Waals surface area contributed by atoms with Crippen LogP contribution in [0.1, 0.15) is 24.6 Å². The molecular weight excluding hydrogens is 272 g/mol. The Hall–Kier alpha value is -2.41. The van der Waals surface area contributed by atoms with Crippen molar-refractivity contribution in [2.45, 2.75) is 18.8 Å². The van der Waals surface area contributed by atoms with Gasteiger partial charge in [0.15, 0.2) is 5.82 Å². The van der Waals surface area contributed by atoms with E-state index in [1.165, 1.54) is 0 Å². The van der Waals surface area contributed by atoms with Crippen molar-refractivity contribution in [3.63, 3.8) is 0 Å². The molecule has 2 N–H and O–H groups in total. The van der Waals surface area contributed by atoms with Crippen molar-refractivity contribution < 1.29 is 9.26 Å². The number of H-pyrrole nitrogens is 2. The molecule has 0 radical (unpaired) electrons. The third-order valence-corrected chi connectivity index (χ3v) is 3.81. The smallest absolute Gasteiger partial charge is 0.323 e. The van der Waals surface area contributed by atoms with Crippen molar-refractivity contribution in [2.75, 3.05) is 13.2 Å². The monoisotopic (exact) mass is 286 g/mol. The maximum absolute atomic E-state index is 11.4. The zero-order chi connectivity index (χ0) is 14.2. The summed E-state index contributed by atoms with van der Waals surface area (Å²) < 4.78 is 10.7. The van der Waals surface area contributed by atoms with Gasteiger partial charge in [0.1, 0.15) is 0 Å². The quantitative estimate of drug-likeness (QED) is 0.748. The first-order valence-electron chi connectivity index (χ1n) is 6.94. The highest BCUT2D eigenvalue weighted by molar-refractivity contribution is 5.89. The fraction of sp³-hybridized carbons (Fsp3) is 0.357. The minimum absolute atomic E-state index is 0.249. The molecule has 0 saturated carbocycles. The molecule has 7 heteroatoms. The lowest BCUT2D eigenvalue weighted by molar-refractivity contribution is 0.0830. The number of ether oxygens (including phenoxy) is 1. The lowest BCUT2D eigenvalue weighted by Gasteiger charge is -2.18. The highest BCUT2D eigenvalue weighted by Gasteiger charge is 2.22. The number of aromatic amines is 2. The average molecular weight is 286 g/mol. The van der Waals surface area contributed by atoms with Crippen LogP contribution < -0.4 is 5.69 Å². The fourth-order valence-electron chi connectivity index (χ4n) is 2.70. The SMILES string of the molecule is O=c1[nH]c2cccc(-c3nc(C4CCOCC4)no3)c2[nH]1. The van der Waals surface area contributed by atoms with Crippen molar-refractivity contribution in [3.05, 3.63) is 34.5 Å². The van der Waals surface area contributed by atoms with Gasteiger partial charge in [-0.15, -0.1) is 0 Å². The molecule has 108 valence electrons. The first-order valence-corrected chi connectivity index (χ1v) is 6.94. The lowest BCUT2D eigenvalue weighted by atomic mass is 10.00. The highest BCUT2D eigenvalue weighted by atomic mass is 16.5. The summed E-state index contributed by atoms with van der Waals surface area (Å²) in [5.41, 5.74) is 1.89. The number of nitrogens with zero attached hydrogens (tertiary/aromatic N) is 2. The molecule has 0 amide bonds. The lowest BCUT2D eigenvalue weighted by Crippen LogP contribution is -2.15. The van der Waals surface area contributed by atoms with E-state index in [9.17, 15) is 4.79 Å². The number of aromatic nitrogens is 4. The van der Waals surface area contributed by atoms with Gasteiger partial charge < -0.3 is 19.2 Å². The van der Waals surface area contributed by atoms with Gasteiger partial charge in [-0.3, -0.25) is 0 Å². The minimum Gasteiger partial charge on any atom is -0.381 e. The maximum Gasteiger partial charge on any atom is 0.323 e. The number of hydrogen-bond acceptors (Lipinski definition) is 5. The molecule has 1 aliphatic heterocycles. The molecule has 1 aromatic carbocycles. The minimum atomic E-state index is -0.249. The second kappa shape index (κ2) is 4.85. The van der Waals surface area contributed by atoms with E-state index in [0.29, 0.717) is 17.2 Å². The normalized spacial score (nSPS) is 16.6. The molecule has 1 aliphatic rings. The third kappa shape index (κ3) is 2.15. The number of nitrogens with one attached hydrogen (secondary N) is 2. The number of benzene rings is 1. The van der Waals surface area contributed by atoms with Crippen LogP contribution in [0.25, 0.3) is 22.5 Å². The van der Waals surface area contributed by atoms with Gasteiger partial charge in [-0.25, -0.2) is 4.79 Å². The Balaban J connectivity index is 1.75. The van der Waals surface area contributed by atoms with E-state index < -0.39 is 0 Å². The summed E-state index contributed by atoms with van der Waals surface area (Å²) in [4.78, 5) is 21.4. The zero-order valence-electron chi connectivity index (χ0n) is 11.3. The predicted molar refractivity (Wildman–Crippen MR) is 75.0 cm³/mol. The molecule has 0 aliphatic carbocycles. The molecule has 1 fully saturated rings. The average Bonchev–Trinajstić information content (AvgIpc) is 3.13. The van der Waals surface area contributed by atoms with Crippen LogP contribution in [0.5, 0.6) is 0 Å². The molecule has 0 atom stereocenters. The summed E-state index contributed by atoms with van der Waals surface area (Å²) in [6.07, 6.45) is 1.81. The summed E-state index contributed by atoms with van der Waals surface area (Å²) in [6.45, 7) is 1.46. The summed E-state index contributed by atoms with van der Waals surface area (Å²) in [6, 6.07) is 5.53. The van der Waals surface area contributed by atoms with E-state index >= 15 is 0 Å². The molecule has 1 saturated heterocycles. The van der Waals surface area contributed by atoms with E-state index in [-0.39, 0.29) is 11.6 Å². The molecule has 0 spiro atoms. The fourth-order valence-corrected chi connectivity index (χ4v) is 2.70. The first-order chi connectivity index (χ1) is 10.3. The number of fused-ring (bicyclic) bond motifs is 1. The molecule has 4 rings (SSSR count). The summed E-state index contributed by atoms with van der Waals surface area (Å²) >= 11 is 0. The molecule has 21 heavy (non-hydrogen) atoms. The van der Waals surface area contributed by atoms with Gasteiger partial charge in [-0.1, -0.05) is 11.2 Å². The van der Waals surface area contributed by atoms with Crippen LogP contribution in [-0.2, 0) is 4.74 Å². The largest absolute Gasteiger partial charge is 0.381 e. The van der Waals surface area contributed by atoms with Crippen molar-refractivity contribution in [2.24, 2.45) is 0 Å². The Bertz CT molecular complexity index is 826. The summed E-state index contributed by atoms with van der Waals surface area (Å²) in [7, 11) is 0. The van der Waals surface area contributed by atoms with Gasteiger partial charge in [0.2, 0.25) is 0 Å². The van der Waals surface area contributed by atoms with Gasteiger partial charge in [0.25, 0.3) is 5.89 Å². The van der Waals surface area contributed by atoms with Crippen molar-refractivity contribution in [1.82, 2.24) is 20.1 Å². The van der Waals surface area contributed by atoms with E-state index in [0.717, 1.165) is 37.1 Å². The van der Waals surface area contributed by atoms with Gasteiger partial charge in [0, 0.05) is 19.1 Å². The van der Waals surface area contributed by atoms with Crippen LogP contribution in [0.4, 0.5) is 0 Å². The molecular formula is C14H14N4O3. The predicted octanol–water partition coefficient (Wildman–Crippen LogP) is 1.80. The first kappa shape index (κ1) is 12.3. The Labute approximate surface area is 119 Å². The van der Waals surface area contributed by atoms with Gasteiger partial charge in [0.05, 0.1) is 16.6 Å². The second-order valence-corrected chi connectivity index (χ2v) is 5.15. The van der Waals surface area contributed by atoms with E-state index in [1.807, 2.05) is 18.2 Å². The van der Waals surface area contributed by atoms with Crippen LogP contribution >= 0.6 is 0 Å². The summed E-state index contributed by atoms with van der Waals surface area (Å²) in [5.74, 6) is 1.42. The van der Waals surface area contributed by atoms with Crippen LogP contribution in [0, 0.1) is 0 Å². The standard InChI is InChI=1S/C14H14N4O3/c19-14-15-10-3-1-2-9(11(10)16-14)13-17-12(18-21-13)8-4-6-20-7-5-8/h1-3,8H,4-7H2,(H2,15,16,19). The second-order valence-electron chi connectivity index (χ2n) is 5.15. The van der Waals surface area contributed by atoms with E-state index in [4.69, 9.17) is 9.26 Å². The molecule has 0 bridgehead atoms. The van der Waals surface area contributed by atoms with Gasteiger partial charge >= 0.3 is 5.69 Å². The summed E-state index contributed by atoms with van der Waals surface area (Å²) in [5, 5.41) is 4.09. The molecule has 0 unspecified atom stereocenters. The Kier molecular flexibility index (Phi) is 2.85. The topological polar surface area (TPSA) is 96.8 Å². The number of para-hydroxylation sites is 1. The van der Waals surface area contributed by atoms with Gasteiger partial charge in [-0.2, -0.15) is 4.98 Å². The van der Waals surface area contributed by atoms with Crippen LogP contribution in [0.15, 0.2) is 27.5 Å². The molecule has 7 nitrogen and oxygen atoms in total. The Morgan fingerprint density at radius 3 is 2.90 bits per heavy atom. The number of rotatable bonds is 2. The molecule has 3 aromatic rings. The number of imidazole rings is 1. The highest BCUT2D eigenvalue weighted by Crippen LogP contribution is 2.29. The van der Waals surface area contributed by atoms with E-state index in [2.05, 4.69) is 20.1 Å². The van der Waals surface area contributed by atoms with Crippen molar-refractivity contribution in [1.29, 1.82) is 0 Å². The molecule has 2 aromatic heterocycles. The Morgan fingerprint density at radius 1 is 1.19 bits per heavy atom. The Morgan fingerprint density at radius 2 is 2.05 bits per heavy atom. The number of hydrogen-bond donors (Lipinski definition) is 2.